The Morgan fingerprint density at radius 1 is 1.46 bits per heavy atom. The van der Waals surface area contributed by atoms with Crippen LogP contribution < -0.4 is 5.73 Å². The quantitative estimate of drug-likeness (QED) is 0.736. The van der Waals surface area contributed by atoms with Crippen LogP contribution in [0.5, 0.6) is 0 Å². The predicted octanol–water partition coefficient (Wildman–Crippen LogP) is 0.415. The highest BCUT2D eigenvalue weighted by atomic mass is 15.1. The lowest BCUT2D eigenvalue weighted by Crippen LogP contribution is -2.17. The fourth-order valence-corrected chi connectivity index (χ4v) is 1.25. The van der Waals surface area contributed by atoms with Gasteiger partial charge in [0.2, 0.25) is 0 Å². The number of hydrogen-bond donors (Lipinski definition) is 1. The van der Waals surface area contributed by atoms with Crippen molar-refractivity contribution < 1.29 is 0 Å². The molecule has 0 aromatic carbocycles. The van der Waals surface area contributed by atoms with Gasteiger partial charge in [-0.2, -0.15) is 0 Å². The molecule has 0 spiro atoms. The van der Waals surface area contributed by atoms with Crippen LogP contribution in [0.2, 0.25) is 0 Å². The number of aryl methyl sites for hydroxylation is 1. The van der Waals surface area contributed by atoms with Crippen molar-refractivity contribution in [2.45, 2.75) is 13.3 Å². The summed E-state index contributed by atoms with van der Waals surface area (Å²) in [6.07, 6.45) is 0.946. The molecule has 2 N–H and O–H groups in total. The van der Waals surface area contributed by atoms with Gasteiger partial charge in [0.1, 0.15) is 11.6 Å². The van der Waals surface area contributed by atoms with Crippen LogP contribution in [0.15, 0.2) is 0 Å². The summed E-state index contributed by atoms with van der Waals surface area (Å²) >= 11 is 0. The molecule has 0 saturated carbocycles. The standard InChI is InChI=1S/C9H18N4/c1-7-9(10)13(4)8(11-7)5-6-12(2)3/h5-6,10H2,1-4H3. The summed E-state index contributed by atoms with van der Waals surface area (Å²) in [5.74, 6) is 1.83. The minimum absolute atomic E-state index is 0.772. The van der Waals surface area contributed by atoms with E-state index in [-0.39, 0.29) is 0 Å². The molecule has 1 aromatic rings. The molecule has 1 heterocycles. The SMILES string of the molecule is Cc1nc(CCN(C)C)n(C)c1N. The van der Waals surface area contributed by atoms with Crippen LogP contribution in [-0.2, 0) is 13.5 Å². The van der Waals surface area contributed by atoms with Gasteiger partial charge in [0.05, 0.1) is 5.69 Å². The van der Waals surface area contributed by atoms with Crippen molar-refractivity contribution in [2.24, 2.45) is 7.05 Å². The summed E-state index contributed by atoms with van der Waals surface area (Å²) < 4.78 is 1.96. The van der Waals surface area contributed by atoms with Gasteiger partial charge in [0, 0.05) is 20.0 Å². The number of imidazole rings is 1. The Labute approximate surface area is 79.4 Å². The normalized spacial score (nSPS) is 11.2. The Bertz CT molecular complexity index is 288. The topological polar surface area (TPSA) is 47.1 Å². The van der Waals surface area contributed by atoms with Gasteiger partial charge in [-0.1, -0.05) is 0 Å². The maximum Gasteiger partial charge on any atom is 0.126 e. The molecule has 4 heteroatoms. The van der Waals surface area contributed by atoms with Gasteiger partial charge in [-0.3, -0.25) is 0 Å². The molecule has 13 heavy (non-hydrogen) atoms. The molecular formula is C9H18N4. The van der Waals surface area contributed by atoms with Gasteiger partial charge >= 0.3 is 0 Å². The number of aromatic nitrogens is 2. The zero-order valence-corrected chi connectivity index (χ0v) is 8.83. The van der Waals surface area contributed by atoms with E-state index >= 15 is 0 Å². The zero-order valence-electron chi connectivity index (χ0n) is 8.83. The number of rotatable bonds is 3. The highest BCUT2D eigenvalue weighted by Gasteiger charge is 2.07. The second-order valence-electron chi connectivity index (χ2n) is 3.61. The molecule has 0 saturated heterocycles. The van der Waals surface area contributed by atoms with Crippen LogP contribution >= 0.6 is 0 Å². The first-order valence-corrected chi connectivity index (χ1v) is 4.44. The average molecular weight is 182 g/mol. The molecule has 0 aliphatic carbocycles. The summed E-state index contributed by atoms with van der Waals surface area (Å²) in [7, 11) is 6.07. The zero-order chi connectivity index (χ0) is 10.0. The Kier molecular flexibility index (Phi) is 2.93. The first-order valence-electron chi connectivity index (χ1n) is 4.44. The summed E-state index contributed by atoms with van der Waals surface area (Å²) in [6.45, 7) is 2.94. The van der Waals surface area contributed by atoms with Crippen molar-refractivity contribution in [2.75, 3.05) is 26.4 Å². The third-order valence-electron chi connectivity index (χ3n) is 2.20. The third kappa shape index (κ3) is 2.21. The van der Waals surface area contributed by atoms with E-state index in [9.17, 15) is 0 Å². The van der Waals surface area contributed by atoms with E-state index in [0.717, 1.165) is 30.3 Å². The number of anilines is 1. The van der Waals surface area contributed by atoms with Crippen LogP contribution in [-0.4, -0.2) is 35.1 Å². The van der Waals surface area contributed by atoms with Crippen molar-refractivity contribution in [3.8, 4) is 0 Å². The van der Waals surface area contributed by atoms with Crippen molar-refractivity contribution in [1.82, 2.24) is 14.5 Å². The Morgan fingerprint density at radius 2 is 2.08 bits per heavy atom. The summed E-state index contributed by atoms with van der Waals surface area (Å²) in [6, 6.07) is 0. The van der Waals surface area contributed by atoms with Gasteiger partial charge in [0.15, 0.2) is 0 Å². The first kappa shape index (κ1) is 10.1. The first-order chi connectivity index (χ1) is 6.02. The van der Waals surface area contributed by atoms with Gasteiger partial charge in [-0.25, -0.2) is 4.98 Å². The summed E-state index contributed by atoms with van der Waals surface area (Å²) in [5.41, 5.74) is 6.72. The molecule has 0 bridgehead atoms. The van der Waals surface area contributed by atoms with Crippen molar-refractivity contribution in [3.63, 3.8) is 0 Å². The second kappa shape index (κ2) is 3.79. The maximum absolute atomic E-state index is 5.80. The fraction of sp³-hybridized carbons (Fsp3) is 0.667. The van der Waals surface area contributed by atoms with E-state index in [4.69, 9.17) is 5.73 Å². The minimum Gasteiger partial charge on any atom is -0.384 e. The smallest absolute Gasteiger partial charge is 0.126 e. The Hall–Kier alpha value is -1.03. The lowest BCUT2D eigenvalue weighted by atomic mass is 10.4. The number of nitrogens with two attached hydrogens (primary N) is 1. The van der Waals surface area contributed by atoms with Crippen molar-refractivity contribution in [1.29, 1.82) is 0 Å². The minimum atomic E-state index is 0.772. The Balaban J connectivity index is 2.72. The van der Waals surface area contributed by atoms with E-state index in [1.165, 1.54) is 0 Å². The molecule has 1 rings (SSSR count). The molecule has 0 aliphatic rings. The molecular weight excluding hydrogens is 164 g/mol. The molecule has 0 atom stereocenters. The van der Waals surface area contributed by atoms with Crippen LogP contribution in [0.1, 0.15) is 11.5 Å². The van der Waals surface area contributed by atoms with E-state index in [0.29, 0.717) is 0 Å². The second-order valence-corrected chi connectivity index (χ2v) is 3.61. The lowest BCUT2D eigenvalue weighted by molar-refractivity contribution is 0.407. The van der Waals surface area contributed by atoms with E-state index in [1.54, 1.807) is 0 Å². The molecule has 0 unspecified atom stereocenters. The lowest BCUT2D eigenvalue weighted by Gasteiger charge is -2.08. The Morgan fingerprint density at radius 3 is 2.46 bits per heavy atom. The van der Waals surface area contributed by atoms with Crippen LogP contribution in [0.4, 0.5) is 5.82 Å². The van der Waals surface area contributed by atoms with Crippen molar-refractivity contribution in [3.05, 3.63) is 11.5 Å². The molecule has 0 aliphatic heterocycles. The number of likely N-dealkylation sites (N-methyl/N-ethyl adjacent to an activating group) is 1. The fourth-order valence-electron chi connectivity index (χ4n) is 1.25. The summed E-state index contributed by atoms with van der Waals surface area (Å²) in [5, 5.41) is 0. The van der Waals surface area contributed by atoms with Gasteiger partial charge < -0.3 is 15.2 Å². The molecule has 0 radical (unpaired) electrons. The highest BCUT2D eigenvalue weighted by Crippen LogP contribution is 2.11. The van der Waals surface area contributed by atoms with Crippen molar-refractivity contribution >= 4 is 5.82 Å². The molecule has 4 nitrogen and oxygen atoms in total. The van der Waals surface area contributed by atoms with E-state index < -0.39 is 0 Å². The molecule has 1 aromatic heterocycles. The maximum atomic E-state index is 5.80. The van der Waals surface area contributed by atoms with E-state index in [2.05, 4.69) is 24.0 Å². The largest absolute Gasteiger partial charge is 0.384 e. The van der Waals surface area contributed by atoms with Crippen LogP contribution in [0, 0.1) is 6.92 Å². The van der Waals surface area contributed by atoms with Crippen LogP contribution in [0.3, 0.4) is 0 Å². The molecule has 74 valence electrons. The third-order valence-corrected chi connectivity index (χ3v) is 2.20. The predicted molar refractivity (Wildman–Crippen MR) is 54.6 cm³/mol. The van der Waals surface area contributed by atoms with Gasteiger partial charge in [0.25, 0.3) is 0 Å². The molecule has 0 fully saturated rings. The van der Waals surface area contributed by atoms with Gasteiger partial charge in [-0.15, -0.1) is 0 Å². The number of nitrogen functional groups attached to an aromatic ring is 1. The van der Waals surface area contributed by atoms with E-state index in [1.807, 2.05) is 18.5 Å². The monoisotopic (exact) mass is 182 g/mol. The van der Waals surface area contributed by atoms with Crippen LogP contribution in [0.25, 0.3) is 0 Å². The number of nitrogens with zero attached hydrogens (tertiary/aromatic N) is 3. The summed E-state index contributed by atoms with van der Waals surface area (Å²) in [4.78, 5) is 6.53. The highest BCUT2D eigenvalue weighted by molar-refractivity contribution is 5.36. The molecule has 0 amide bonds. The average Bonchev–Trinajstić information content (AvgIpc) is 2.29. The van der Waals surface area contributed by atoms with Gasteiger partial charge in [-0.05, 0) is 21.0 Å². The number of hydrogen-bond acceptors (Lipinski definition) is 3.